The Morgan fingerprint density at radius 2 is 1.32 bits per heavy atom. The molecule has 0 bridgehead atoms. The van der Waals surface area contributed by atoms with Gasteiger partial charge in [0.1, 0.15) is 18.1 Å². The molecule has 5 nitrogen and oxygen atoms in total. The molecular formula is C23H27N3O2. The van der Waals surface area contributed by atoms with E-state index < -0.39 is 0 Å². The molecule has 0 spiro atoms. The summed E-state index contributed by atoms with van der Waals surface area (Å²) in [6.45, 7) is 8.04. The molecule has 3 aromatic rings. The van der Waals surface area contributed by atoms with Crippen molar-refractivity contribution in [2.75, 3.05) is 33.4 Å². The summed E-state index contributed by atoms with van der Waals surface area (Å²) in [5.74, 6) is 2.40. The van der Waals surface area contributed by atoms with E-state index in [9.17, 15) is 0 Å². The SMILES string of the molecule is CCN(CC)CCOc1ccc(-c2ncc(-c3ccc(OC)cc3)cn2)cc1. The Labute approximate surface area is 167 Å². The Morgan fingerprint density at radius 3 is 1.89 bits per heavy atom. The number of benzene rings is 2. The molecule has 0 saturated carbocycles. The van der Waals surface area contributed by atoms with E-state index in [1.165, 1.54) is 0 Å². The quantitative estimate of drug-likeness (QED) is 0.548. The molecular weight excluding hydrogens is 350 g/mol. The largest absolute Gasteiger partial charge is 0.497 e. The van der Waals surface area contributed by atoms with Crippen LogP contribution < -0.4 is 9.47 Å². The van der Waals surface area contributed by atoms with Crippen LogP contribution in [-0.4, -0.2) is 48.2 Å². The Balaban J connectivity index is 1.62. The molecule has 2 aromatic carbocycles. The van der Waals surface area contributed by atoms with Crippen molar-refractivity contribution in [2.45, 2.75) is 13.8 Å². The summed E-state index contributed by atoms with van der Waals surface area (Å²) < 4.78 is 11.0. The maximum atomic E-state index is 5.83. The minimum Gasteiger partial charge on any atom is -0.497 e. The van der Waals surface area contributed by atoms with Crippen molar-refractivity contribution in [3.05, 3.63) is 60.9 Å². The van der Waals surface area contributed by atoms with Crippen molar-refractivity contribution in [1.29, 1.82) is 0 Å². The average Bonchev–Trinajstić information content (AvgIpc) is 2.77. The van der Waals surface area contributed by atoms with E-state index in [-0.39, 0.29) is 0 Å². The van der Waals surface area contributed by atoms with Crippen LogP contribution in [0.3, 0.4) is 0 Å². The first-order valence-corrected chi connectivity index (χ1v) is 9.65. The van der Waals surface area contributed by atoms with Crippen molar-refractivity contribution in [3.8, 4) is 34.0 Å². The molecule has 0 atom stereocenters. The Hall–Kier alpha value is -2.92. The smallest absolute Gasteiger partial charge is 0.159 e. The van der Waals surface area contributed by atoms with Crippen LogP contribution in [0.2, 0.25) is 0 Å². The zero-order valence-corrected chi connectivity index (χ0v) is 16.8. The number of ether oxygens (including phenoxy) is 2. The molecule has 0 unspecified atom stereocenters. The lowest BCUT2D eigenvalue weighted by atomic mass is 10.1. The molecule has 0 fully saturated rings. The number of rotatable bonds is 9. The second-order valence-electron chi connectivity index (χ2n) is 6.42. The van der Waals surface area contributed by atoms with Gasteiger partial charge >= 0.3 is 0 Å². The first-order chi connectivity index (χ1) is 13.7. The van der Waals surface area contributed by atoms with Crippen LogP contribution in [0, 0.1) is 0 Å². The van der Waals surface area contributed by atoms with E-state index >= 15 is 0 Å². The molecule has 0 N–H and O–H groups in total. The van der Waals surface area contributed by atoms with Crippen molar-refractivity contribution >= 4 is 0 Å². The number of likely N-dealkylation sites (N-methyl/N-ethyl adjacent to an activating group) is 1. The number of nitrogens with zero attached hydrogens (tertiary/aromatic N) is 3. The monoisotopic (exact) mass is 377 g/mol. The van der Waals surface area contributed by atoms with E-state index in [1.807, 2.05) is 60.9 Å². The van der Waals surface area contributed by atoms with Gasteiger partial charge in [-0.2, -0.15) is 0 Å². The molecule has 0 radical (unpaired) electrons. The van der Waals surface area contributed by atoms with Crippen LogP contribution >= 0.6 is 0 Å². The topological polar surface area (TPSA) is 47.5 Å². The second kappa shape index (κ2) is 9.85. The van der Waals surface area contributed by atoms with Gasteiger partial charge in [-0.1, -0.05) is 26.0 Å². The van der Waals surface area contributed by atoms with E-state index in [0.717, 1.165) is 47.8 Å². The highest BCUT2D eigenvalue weighted by Gasteiger charge is 2.05. The number of hydrogen-bond donors (Lipinski definition) is 0. The first-order valence-electron chi connectivity index (χ1n) is 9.65. The zero-order valence-electron chi connectivity index (χ0n) is 16.8. The van der Waals surface area contributed by atoms with E-state index in [2.05, 4.69) is 28.7 Å². The molecule has 5 heteroatoms. The Bertz CT molecular complexity index is 843. The maximum absolute atomic E-state index is 5.83. The molecule has 1 heterocycles. The van der Waals surface area contributed by atoms with Gasteiger partial charge in [0.05, 0.1) is 7.11 Å². The van der Waals surface area contributed by atoms with Gasteiger partial charge in [0.25, 0.3) is 0 Å². The van der Waals surface area contributed by atoms with E-state index in [1.54, 1.807) is 7.11 Å². The van der Waals surface area contributed by atoms with Crippen LogP contribution in [0.4, 0.5) is 0 Å². The molecule has 3 rings (SSSR count). The van der Waals surface area contributed by atoms with Crippen LogP contribution in [0.15, 0.2) is 60.9 Å². The normalized spacial score (nSPS) is 10.9. The molecule has 146 valence electrons. The summed E-state index contributed by atoms with van der Waals surface area (Å²) in [5.41, 5.74) is 3.00. The van der Waals surface area contributed by atoms with Gasteiger partial charge < -0.3 is 14.4 Å². The van der Waals surface area contributed by atoms with Gasteiger partial charge in [-0.3, -0.25) is 0 Å². The van der Waals surface area contributed by atoms with Gasteiger partial charge in [-0.25, -0.2) is 9.97 Å². The van der Waals surface area contributed by atoms with Crippen molar-refractivity contribution in [1.82, 2.24) is 14.9 Å². The molecule has 0 saturated heterocycles. The standard InChI is InChI=1S/C23H27N3O2/c1-4-26(5-2)14-15-28-22-12-8-19(9-13-22)23-24-16-20(17-25-23)18-6-10-21(27-3)11-7-18/h6-13,16-17H,4-5,14-15H2,1-3H3. The minimum atomic E-state index is 0.689. The van der Waals surface area contributed by atoms with Gasteiger partial charge in [0.15, 0.2) is 5.82 Å². The Kier molecular flexibility index (Phi) is 6.98. The fourth-order valence-corrected chi connectivity index (χ4v) is 2.94. The summed E-state index contributed by atoms with van der Waals surface area (Å²) in [6.07, 6.45) is 3.69. The van der Waals surface area contributed by atoms with Crippen molar-refractivity contribution in [2.24, 2.45) is 0 Å². The molecule has 0 aliphatic heterocycles. The number of aromatic nitrogens is 2. The van der Waals surface area contributed by atoms with Crippen LogP contribution in [0.5, 0.6) is 11.5 Å². The maximum Gasteiger partial charge on any atom is 0.159 e. The summed E-state index contributed by atoms with van der Waals surface area (Å²) >= 11 is 0. The summed E-state index contributed by atoms with van der Waals surface area (Å²) in [4.78, 5) is 11.4. The molecule has 0 aliphatic rings. The predicted molar refractivity (Wildman–Crippen MR) is 113 cm³/mol. The summed E-state index contributed by atoms with van der Waals surface area (Å²) in [7, 11) is 1.66. The van der Waals surface area contributed by atoms with E-state index in [0.29, 0.717) is 12.4 Å². The minimum absolute atomic E-state index is 0.689. The summed E-state index contributed by atoms with van der Waals surface area (Å²) in [5, 5.41) is 0. The van der Waals surface area contributed by atoms with Crippen molar-refractivity contribution < 1.29 is 9.47 Å². The fourth-order valence-electron chi connectivity index (χ4n) is 2.94. The Morgan fingerprint density at radius 1 is 0.750 bits per heavy atom. The number of methoxy groups -OCH3 is 1. The van der Waals surface area contributed by atoms with Gasteiger partial charge in [-0.15, -0.1) is 0 Å². The van der Waals surface area contributed by atoms with Crippen LogP contribution in [-0.2, 0) is 0 Å². The van der Waals surface area contributed by atoms with Crippen LogP contribution in [0.1, 0.15) is 13.8 Å². The third kappa shape index (κ3) is 5.08. The highest BCUT2D eigenvalue weighted by Crippen LogP contribution is 2.24. The third-order valence-electron chi connectivity index (χ3n) is 4.76. The lowest BCUT2D eigenvalue weighted by Crippen LogP contribution is -2.27. The van der Waals surface area contributed by atoms with Gasteiger partial charge in [0, 0.05) is 30.1 Å². The lowest BCUT2D eigenvalue weighted by Gasteiger charge is -2.18. The zero-order chi connectivity index (χ0) is 19.8. The van der Waals surface area contributed by atoms with Gasteiger partial charge in [0.2, 0.25) is 0 Å². The van der Waals surface area contributed by atoms with E-state index in [4.69, 9.17) is 9.47 Å². The predicted octanol–water partition coefficient (Wildman–Crippen LogP) is 4.54. The number of hydrogen-bond acceptors (Lipinski definition) is 5. The second-order valence-corrected chi connectivity index (χ2v) is 6.42. The molecule has 28 heavy (non-hydrogen) atoms. The summed E-state index contributed by atoms with van der Waals surface area (Å²) in [6, 6.07) is 15.8. The van der Waals surface area contributed by atoms with Crippen LogP contribution in [0.25, 0.3) is 22.5 Å². The molecule has 0 aliphatic carbocycles. The highest BCUT2D eigenvalue weighted by atomic mass is 16.5. The average molecular weight is 377 g/mol. The highest BCUT2D eigenvalue weighted by molar-refractivity contribution is 5.64. The molecule has 1 aromatic heterocycles. The van der Waals surface area contributed by atoms with Crippen molar-refractivity contribution in [3.63, 3.8) is 0 Å². The third-order valence-corrected chi connectivity index (χ3v) is 4.76. The fraction of sp³-hybridized carbons (Fsp3) is 0.304. The first kappa shape index (κ1) is 19.8. The lowest BCUT2D eigenvalue weighted by molar-refractivity contribution is 0.223. The molecule has 0 amide bonds. The van der Waals surface area contributed by atoms with Gasteiger partial charge in [-0.05, 0) is 55.1 Å².